The SMILES string of the molecule is O=C1c2cc3ccccc3cc2C(=O)c2cc3sccc3cc21. The van der Waals surface area contributed by atoms with Gasteiger partial charge in [-0.3, -0.25) is 9.59 Å². The molecule has 1 aromatic heterocycles. The van der Waals surface area contributed by atoms with Crippen molar-refractivity contribution in [3.63, 3.8) is 0 Å². The third-order valence-electron chi connectivity index (χ3n) is 4.46. The van der Waals surface area contributed by atoms with Gasteiger partial charge in [-0.05, 0) is 51.9 Å². The van der Waals surface area contributed by atoms with Crippen LogP contribution in [0.15, 0.2) is 60.0 Å². The average Bonchev–Trinajstić information content (AvgIpc) is 3.04. The molecule has 2 nitrogen and oxygen atoms in total. The standard InChI is InChI=1S/C20H10O2S/c21-19-14-7-11-3-1-2-4-12(11)8-15(14)20(22)17-10-18-13(5-6-23-18)9-16(17)19/h1-10H. The van der Waals surface area contributed by atoms with Crippen LogP contribution in [0, 0.1) is 0 Å². The molecule has 0 atom stereocenters. The van der Waals surface area contributed by atoms with Gasteiger partial charge in [0.05, 0.1) is 0 Å². The van der Waals surface area contributed by atoms with Gasteiger partial charge in [-0.15, -0.1) is 11.3 Å². The summed E-state index contributed by atoms with van der Waals surface area (Å²) in [7, 11) is 0. The number of rotatable bonds is 0. The number of hydrogen-bond acceptors (Lipinski definition) is 3. The molecule has 0 unspecified atom stereocenters. The van der Waals surface area contributed by atoms with E-state index in [1.54, 1.807) is 11.3 Å². The zero-order valence-corrected chi connectivity index (χ0v) is 12.8. The first-order valence-corrected chi connectivity index (χ1v) is 8.24. The minimum atomic E-state index is -0.0616. The third kappa shape index (κ3) is 1.68. The summed E-state index contributed by atoms with van der Waals surface area (Å²) in [5, 5.41) is 4.95. The number of thiophene rings is 1. The van der Waals surface area contributed by atoms with Crippen molar-refractivity contribution in [3.05, 3.63) is 82.2 Å². The number of hydrogen-bond donors (Lipinski definition) is 0. The van der Waals surface area contributed by atoms with E-state index in [0.29, 0.717) is 22.3 Å². The molecule has 0 fully saturated rings. The molecule has 0 saturated carbocycles. The Bertz CT molecular complexity index is 1060. The molecule has 0 radical (unpaired) electrons. The Kier molecular flexibility index (Phi) is 2.42. The molecule has 1 aliphatic carbocycles. The fraction of sp³-hybridized carbons (Fsp3) is 0. The number of fused-ring (bicyclic) bond motifs is 4. The van der Waals surface area contributed by atoms with Crippen molar-refractivity contribution in [2.45, 2.75) is 0 Å². The van der Waals surface area contributed by atoms with Crippen molar-refractivity contribution >= 4 is 43.8 Å². The van der Waals surface area contributed by atoms with Gasteiger partial charge in [0.2, 0.25) is 0 Å². The van der Waals surface area contributed by atoms with Crippen LogP contribution in [0.2, 0.25) is 0 Å². The quantitative estimate of drug-likeness (QED) is 0.410. The molecule has 5 rings (SSSR count). The van der Waals surface area contributed by atoms with Crippen LogP contribution in [0.5, 0.6) is 0 Å². The van der Waals surface area contributed by atoms with Crippen molar-refractivity contribution in [2.75, 3.05) is 0 Å². The smallest absolute Gasteiger partial charge is 0.194 e. The van der Waals surface area contributed by atoms with Gasteiger partial charge in [0.25, 0.3) is 0 Å². The molecule has 0 N–H and O–H groups in total. The Morgan fingerprint density at radius 3 is 1.74 bits per heavy atom. The van der Waals surface area contributed by atoms with E-state index in [1.165, 1.54) is 0 Å². The van der Waals surface area contributed by atoms with Gasteiger partial charge in [-0.2, -0.15) is 0 Å². The van der Waals surface area contributed by atoms with Crippen LogP contribution < -0.4 is 0 Å². The van der Waals surface area contributed by atoms with Gasteiger partial charge < -0.3 is 0 Å². The summed E-state index contributed by atoms with van der Waals surface area (Å²) in [6.45, 7) is 0. The third-order valence-corrected chi connectivity index (χ3v) is 5.34. The number of carbonyl (C=O) groups is 2. The van der Waals surface area contributed by atoms with Gasteiger partial charge in [0, 0.05) is 27.0 Å². The maximum Gasteiger partial charge on any atom is 0.194 e. The minimum Gasteiger partial charge on any atom is -0.289 e. The van der Waals surface area contributed by atoms with E-state index < -0.39 is 0 Å². The number of carbonyl (C=O) groups excluding carboxylic acids is 2. The second-order valence-electron chi connectivity index (χ2n) is 5.76. The zero-order valence-electron chi connectivity index (χ0n) is 12.0. The van der Waals surface area contributed by atoms with Gasteiger partial charge in [-0.1, -0.05) is 24.3 Å². The van der Waals surface area contributed by atoms with E-state index in [1.807, 2.05) is 60.0 Å². The molecule has 1 heterocycles. The summed E-state index contributed by atoms with van der Waals surface area (Å²) >= 11 is 1.58. The molecular formula is C20H10O2S. The molecule has 3 aromatic carbocycles. The highest BCUT2D eigenvalue weighted by Crippen LogP contribution is 2.34. The Morgan fingerprint density at radius 1 is 0.609 bits per heavy atom. The second-order valence-corrected chi connectivity index (χ2v) is 6.71. The predicted molar refractivity (Wildman–Crippen MR) is 92.6 cm³/mol. The molecular weight excluding hydrogens is 304 g/mol. The lowest BCUT2D eigenvalue weighted by Crippen LogP contribution is -2.20. The normalized spacial score (nSPS) is 13.4. The molecule has 0 saturated heterocycles. The summed E-state index contributed by atoms with van der Waals surface area (Å²) in [5.74, 6) is -0.121. The van der Waals surface area contributed by atoms with Crippen LogP contribution in [0.25, 0.3) is 20.9 Å². The fourth-order valence-electron chi connectivity index (χ4n) is 3.29. The predicted octanol–water partition coefficient (Wildman–Crippen LogP) is 4.83. The van der Waals surface area contributed by atoms with E-state index in [4.69, 9.17) is 0 Å². The highest BCUT2D eigenvalue weighted by Gasteiger charge is 2.30. The van der Waals surface area contributed by atoms with Gasteiger partial charge in [0.1, 0.15) is 0 Å². The molecule has 3 heteroatoms. The Labute approximate surface area is 136 Å². The molecule has 108 valence electrons. The highest BCUT2D eigenvalue weighted by molar-refractivity contribution is 7.17. The van der Waals surface area contributed by atoms with E-state index in [0.717, 1.165) is 20.9 Å². The fourth-order valence-corrected chi connectivity index (χ4v) is 4.10. The molecule has 23 heavy (non-hydrogen) atoms. The van der Waals surface area contributed by atoms with E-state index in [2.05, 4.69) is 0 Å². The van der Waals surface area contributed by atoms with Crippen LogP contribution in [-0.4, -0.2) is 11.6 Å². The van der Waals surface area contributed by atoms with Gasteiger partial charge in [0.15, 0.2) is 11.6 Å². The lowest BCUT2D eigenvalue weighted by Gasteiger charge is -2.18. The maximum atomic E-state index is 12.9. The average molecular weight is 314 g/mol. The van der Waals surface area contributed by atoms with Crippen molar-refractivity contribution in [1.29, 1.82) is 0 Å². The Balaban J connectivity index is 1.86. The van der Waals surface area contributed by atoms with Crippen molar-refractivity contribution in [2.24, 2.45) is 0 Å². The number of benzene rings is 3. The maximum absolute atomic E-state index is 12.9. The molecule has 0 spiro atoms. The van der Waals surface area contributed by atoms with Crippen LogP contribution in [0.4, 0.5) is 0 Å². The summed E-state index contributed by atoms with van der Waals surface area (Å²) in [6.07, 6.45) is 0. The van der Waals surface area contributed by atoms with E-state index in [9.17, 15) is 9.59 Å². The highest BCUT2D eigenvalue weighted by atomic mass is 32.1. The summed E-state index contributed by atoms with van der Waals surface area (Å²) in [5.41, 5.74) is 2.06. The first-order valence-electron chi connectivity index (χ1n) is 7.36. The second kappa shape index (κ2) is 4.37. The van der Waals surface area contributed by atoms with Gasteiger partial charge >= 0.3 is 0 Å². The van der Waals surface area contributed by atoms with Crippen LogP contribution in [0.3, 0.4) is 0 Å². The monoisotopic (exact) mass is 314 g/mol. The van der Waals surface area contributed by atoms with Crippen molar-refractivity contribution < 1.29 is 9.59 Å². The molecule has 0 amide bonds. The molecule has 1 aliphatic rings. The summed E-state index contributed by atoms with van der Waals surface area (Å²) < 4.78 is 1.04. The zero-order chi connectivity index (χ0) is 15.6. The van der Waals surface area contributed by atoms with Gasteiger partial charge in [-0.25, -0.2) is 0 Å². The first kappa shape index (κ1) is 12.7. The van der Waals surface area contributed by atoms with Crippen LogP contribution >= 0.6 is 11.3 Å². The molecule has 0 aliphatic heterocycles. The van der Waals surface area contributed by atoms with Crippen molar-refractivity contribution in [1.82, 2.24) is 0 Å². The Morgan fingerprint density at radius 2 is 1.13 bits per heavy atom. The molecule has 0 bridgehead atoms. The van der Waals surface area contributed by atoms with Crippen LogP contribution in [0.1, 0.15) is 31.8 Å². The van der Waals surface area contributed by atoms with Crippen molar-refractivity contribution in [3.8, 4) is 0 Å². The Hall–Kier alpha value is -2.78. The summed E-state index contributed by atoms with van der Waals surface area (Å²) in [6, 6.07) is 17.2. The topological polar surface area (TPSA) is 34.1 Å². The minimum absolute atomic E-state index is 0.0596. The lowest BCUT2D eigenvalue weighted by atomic mass is 9.82. The largest absolute Gasteiger partial charge is 0.289 e. The first-order chi connectivity index (χ1) is 11.2. The van der Waals surface area contributed by atoms with E-state index in [-0.39, 0.29) is 11.6 Å². The molecule has 4 aromatic rings. The summed E-state index contributed by atoms with van der Waals surface area (Å²) in [4.78, 5) is 25.8. The van der Waals surface area contributed by atoms with E-state index >= 15 is 0 Å². The van der Waals surface area contributed by atoms with Crippen LogP contribution in [-0.2, 0) is 0 Å². The number of ketones is 2. The lowest BCUT2D eigenvalue weighted by molar-refractivity contribution is 0.0979.